The number of rotatable bonds is 5. The maximum Gasteiger partial charge on any atom is 0.152 e. The predicted molar refractivity (Wildman–Crippen MR) is 97.7 cm³/mol. The largest absolute Gasteiger partial charge is 0.205 e. The van der Waals surface area contributed by atoms with E-state index in [2.05, 4.69) is 6.92 Å². The molecule has 0 N–H and O–H groups in total. The van der Waals surface area contributed by atoms with Gasteiger partial charge in [0.05, 0.1) is 0 Å². The van der Waals surface area contributed by atoms with Gasteiger partial charge in [0, 0.05) is 5.39 Å². The molecule has 0 radical (unpaired) electrons. The van der Waals surface area contributed by atoms with E-state index in [1.165, 1.54) is 63.0 Å². The first-order valence-corrected chi connectivity index (χ1v) is 9.55. The first-order valence-electron chi connectivity index (χ1n) is 9.17. The molecule has 3 heteroatoms. The van der Waals surface area contributed by atoms with Crippen molar-refractivity contribution >= 4 is 22.4 Å². The van der Waals surface area contributed by atoms with E-state index in [4.69, 9.17) is 11.6 Å². The molecule has 2 aromatic carbocycles. The maximum absolute atomic E-state index is 14.1. The molecule has 130 valence electrons. The van der Waals surface area contributed by atoms with Crippen LogP contribution in [0.25, 0.3) is 10.8 Å². The van der Waals surface area contributed by atoms with Gasteiger partial charge in [-0.25, -0.2) is 8.78 Å². The van der Waals surface area contributed by atoms with Gasteiger partial charge < -0.3 is 0 Å². The lowest BCUT2D eigenvalue weighted by molar-refractivity contribution is 0.303. The zero-order valence-electron chi connectivity index (χ0n) is 14.3. The molecule has 0 spiro atoms. The van der Waals surface area contributed by atoms with Crippen molar-refractivity contribution in [3.05, 3.63) is 46.5 Å². The predicted octanol–water partition coefficient (Wildman–Crippen LogP) is 7.63. The van der Waals surface area contributed by atoms with Crippen molar-refractivity contribution in [1.29, 1.82) is 0 Å². The lowest BCUT2D eigenvalue weighted by atomic mass is 9.77. The summed E-state index contributed by atoms with van der Waals surface area (Å²) < 4.78 is 27.8. The second kappa shape index (κ2) is 7.82. The summed E-state index contributed by atoms with van der Waals surface area (Å²) in [6, 6.07) is 7.03. The van der Waals surface area contributed by atoms with Gasteiger partial charge in [-0.05, 0) is 54.5 Å². The zero-order chi connectivity index (χ0) is 17.1. The van der Waals surface area contributed by atoms with Gasteiger partial charge >= 0.3 is 0 Å². The van der Waals surface area contributed by atoms with Gasteiger partial charge in [0.1, 0.15) is 10.8 Å². The van der Waals surface area contributed by atoms with Gasteiger partial charge in [-0.3, -0.25) is 0 Å². The number of hydrogen-bond acceptors (Lipinski definition) is 0. The molecule has 0 heterocycles. The van der Waals surface area contributed by atoms with Crippen LogP contribution in [0, 0.1) is 17.6 Å². The van der Waals surface area contributed by atoms with Crippen molar-refractivity contribution in [2.24, 2.45) is 5.92 Å². The first-order chi connectivity index (χ1) is 11.6. The summed E-state index contributed by atoms with van der Waals surface area (Å²) in [5.74, 6) is 0.0388. The van der Waals surface area contributed by atoms with Crippen molar-refractivity contribution < 1.29 is 8.78 Å². The van der Waals surface area contributed by atoms with E-state index < -0.39 is 16.7 Å². The molecule has 0 nitrogen and oxygen atoms in total. The first kappa shape index (κ1) is 17.7. The average Bonchev–Trinajstić information content (AvgIpc) is 2.60. The van der Waals surface area contributed by atoms with E-state index in [9.17, 15) is 8.78 Å². The average molecular weight is 351 g/mol. The fraction of sp³-hybridized carbons (Fsp3) is 0.524. The fourth-order valence-electron chi connectivity index (χ4n) is 4.04. The minimum atomic E-state index is -0.682. The van der Waals surface area contributed by atoms with Crippen molar-refractivity contribution in [2.75, 3.05) is 0 Å². The topological polar surface area (TPSA) is 0 Å². The second-order valence-corrected chi connectivity index (χ2v) is 7.56. The van der Waals surface area contributed by atoms with E-state index in [0.717, 1.165) is 5.92 Å². The van der Waals surface area contributed by atoms with E-state index in [1.807, 2.05) is 12.1 Å². The third-order valence-corrected chi connectivity index (χ3v) is 5.88. The van der Waals surface area contributed by atoms with Crippen LogP contribution in [0.15, 0.2) is 24.3 Å². The van der Waals surface area contributed by atoms with Gasteiger partial charge in [-0.15, -0.1) is 0 Å². The molecule has 0 saturated heterocycles. The van der Waals surface area contributed by atoms with Crippen LogP contribution >= 0.6 is 11.6 Å². The molecule has 0 unspecified atom stereocenters. The summed E-state index contributed by atoms with van der Waals surface area (Å²) in [4.78, 5) is 0. The molecule has 0 bridgehead atoms. The van der Waals surface area contributed by atoms with Crippen LogP contribution in [0.4, 0.5) is 8.78 Å². The maximum atomic E-state index is 14.1. The molecular formula is C21H25ClF2. The Morgan fingerprint density at radius 3 is 2.50 bits per heavy atom. The standard InChI is InChI=1S/C21H25ClF2/c1-2-3-4-5-14-6-8-15(9-7-14)16-10-11-18-17(12-16)13-19(23)20(22)21(18)24/h10-15H,2-9H2,1H3. The number of benzene rings is 2. The van der Waals surface area contributed by atoms with Crippen LogP contribution in [0.5, 0.6) is 0 Å². The van der Waals surface area contributed by atoms with Crippen molar-refractivity contribution in [1.82, 2.24) is 0 Å². The number of halogens is 3. The molecule has 1 aliphatic rings. The Morgan fingerprint density at radius 2 is 1.79 bits per heavy atom. The molecule has 0 amide bonds. The lowest BCUT2D eigenvalue weighted by Gasteiger charge is -2.29. The molecular weight excluding hydrogens is 326 g/mol. The summed E-state index contributed by atoms with van der Waals surface area (Å²) in [7, 11) is 0. The Balaban J connectivity index is 1.71. The third kappa shape index (κ3) is 3.74. The summed E-state index contributed by atoms with van der Waals surface area (Å²) >= 11 is 5.66. The molecule has 1 fully saturated rings. The van der Waals surface area contributed by atoms with Crippen LogP contribution in [-0.2, 0) is 0 Å². The van der Waals surface area contributed by atoms with E-state index >= 15 is 0 Å². The molecule has 2 aromatic rings. The quantitative estimate of drug-likeness (QED) is 0.384. The van der Waals surface area contributed by atoms with Gasteiger partial charge in [-0.2, -0.15) is 0 Å². The molecule has 0 aliphatic heterocycles. The molecule has 0 aromatic heterocycles. The monoisotopic (exact) mass is 350 g/mol. The number of hydrogen-bond donors (Lipinski definition) is 0. The van der Waals surface area contributed by atoms with E-state index in [-0.39, 0.29) is 0 Å². The van der Waals surface area contributed by atoms with Crippen molar-refractivity contribution in [3.8, 4) is 0 Å². The fourth-order valence-corrected chi connectivity index (χ4v) is 4.20. The van der Waals surface area contributed by atoms with Gasteiger partial charge in [-0.1, -0.05) is 62.4 Å². The summed E-state index contributed by atoms with van der Waals surface area (Å²) in [6.45, 7) is 2.25. The number of unbranched alkanes of at least 4 members (excludes halogenated alkanes) is 2. The number of fused-ring (bicyclic) bond motifs is 1. The van der Waals surface area contributed by atoms with Crippen LogP contribution < -0.4 is 0 Å². The lowest BCUT2D eigenvalue weighted by Crippen LogP contribution is -2.13. The molecule has 0 atom stereocenters. The minimum absolute atomic E-state index is 0.401. The summed E-state index contributed by atoms with van der Waals surface area (Å²) in [5.41, 5.74) is 1.20. The van der Waals surface area contributed by atoms with Crippen LogP contribution in [0.3, 0.4) is 0 Å². The van der Waals surface area contributed by atoms with Gasteiger partial charge in [0.15, 0.2) is 5.82 Å². The highest BCUT2D eigenvalue weighted by atomic mass is 35.5. The summed E-state index contributed by atoms with van der Waals surface area (Å²) in [6.07, 6.45) is 10.2. The van der Waals surface area contributed by atoms with Crippen LogP contribution in [0.2, 0.25) is 5.02 Å². The van der Waals surface area contributed by atoms with Gasteiger partial charge in [0.2, 0.25) is 0 Å². The van der Waals surface area contributed by atoms with Crippen LogP contribution in [0.1, 0.15) is 69.8 Å². The Bertz CT molecular complexity index is 703. The Labute approximate surface area is 148 Å². The normalized spacial score (nSPS) is 21.3. The highest BCUT2D eigenvalue weighted by Crippen LogP contribution is 2.39. The zero-order valence-corrected chi connectivity index (χ0v) is 15.0. The second-order valence-electron chi connectivity index (χ2n) is 7.18. The Hall–Kier alpha value is -1.15. The van der Waals surface area contributed by atoms with E-state index in [1.54, 1.807) is 6.07 Å². The smallest absolute Gasteiger partial charge is 0.152 e. The molecule has 24 heavy (non-hydrogen) atoms. The van der Waals surface area contributed by atoms with Gasteiger partial charge in [0.25, 0.3) is 0 Å². The van der Waals surface area contributed by atoms with Crippen molar-refractivity contribution in [2.45, 2.75) is 64.2 Å². The molecule has 1 aliphatic carbocycles. The highest BCUT2D eigenvalue weighted by Gasteiger charge is 2.22. The summed E-state index contributed by atoms with van der Waals surface area (Å²) in [5, 5.41) is 0.596. The molecule has 3 rings (SSSR count). The van der Waals surface area contributed by atoms with Crippen molar-refractivity contribution in [3.63, 3.8) is 0 Å². The minimum Gasteiger partial charge on any atom is -0.205 e. The van der Waals surface area contributed by atoms with E-state index in [0.29, 0.717) is 16.7 Å². The highest BCUT2D eigenvalue weighted by molar-refractivity contribution is 6.31. The molecule has 1 saturated carbocycles. The van der Waals surface area contributed by atoms with Crippen LogP contribution in [-0.4, -0.2) is 0 Å². The third-order valence-electron chi connectivity index (χ3n) is 5.53. The Kier molecular flexibility index (Phi) is 5.76. The Morgan fingerprint density at radius 1 is 1.04 bits per heavy atom. The SMILES string of the molecule is CCCCCC1CCC(c2ccc3c(F)c(Cl)c(F)cc3c2)CC1.